The molecule has 1 saturated heterocycles. The Morgan fingerprint density at radius 3 is 2.17 bits per heavy atom. The number of hydrogen-bond acceptors (Lipinski definition) is 3. The monoisotopic (exact) mass is 255 g/mol. The molecule has 102 valence electrons. The van der Waals surface area contributed by atoms with E-state index in [9.17, 15) is 9.59 Å². The van der Waals surface area contributed by atoms with Crippen molar-refractivity contribution in [1.29, 1.82) is 0 Å². The predicted molar refractivity (Wildman–Crippen MR) is 64.9 cm³/mol. The molecule has 2 fully saturated rings. The van der Waals surface area contributed by atoms with Gasteiger partial charge in [-0.1, -0.05) is 0 Å². The molecule has 1 amide bonds. The van der Waals surface area contributed by atoms with Crippen molar-refractivity contribution in [1.82, 2.24) is 4.90 Å². The molecule has 2 rings (SSSR count). The second kappa shape index (κ2) is 5.69. The maximum absolute atomic E-state index is 12.2. The van der Waals surface area contributed by atoms with Crippen LogP contribution in [0.15, 0.2) is 0 Å². The molecule has 0 aromatic heterocycles. The first kappa shape index (κ1) is 13.3. The Kier molecular flexibility index (Phi) is 4.22. The van der Waals surface area contributed by atoms with Gasteiger partial charge in [-0.25, -0.2) is 0 Å². The number of likely N-dealkylation sites (tertiary alicyclic amines) is 1. The largest absolute Gasteiger partial charge is 0.481 e. The van der Waals surface area contributed by atoms with Crippen LogP contribution in [0, 0.1) is 17.8 Å². The van der Waals surface area contributed by atoms with E-state index in [-0.39, 0.29) is 24.3 Å². The second-order valence-electron chi connectivity index (χ2n) is 5.50. The van der Waals surface area contributed by atoms with Crippen molar-refractivity contribution in [3.8, 4) is 0 Å². The number of carbonyl (C=O) groups is 2. The van der Waals surface area contributed by atoms with E-state index in [0.717, 1.165) is 12.8 Å². The number of amides is 1. The van der Waals surface area contributed by atoms with E-state index in [2.05, 4.69) is 0 Å². The second-order valence-corrected chi connectivity index (χ2v) is 5.50. The molecule has 5 heteroatoms. The van der Waals surface area contributed by atoms with Gasteiger partial charge in [0.25, 0.3) is 0 Å². The van der Waals surface area contributed by atoms with Crippen LogP contribution in [0.2, 0.25) is 0 Å². The lowest BCUT2D eigenvalue weighted by molar-refractivity contribution is -0.141. The highest BCUT2D eigenvalue weighted by atomic mass is 16.4. The molecule has 0 aromatic rings. The zero-order chi connectivity index (χ0) is 13.1. The quantitative estimate of drug-likeness (QED) is 0.779. The molecule has 1 aliphatic carbocycles. The lowest BCUT2D eigenvalue weighted by Gasteiger charge is -2.32. The summed E-state index contributed by atoms with van der Waals surface area (Å²) in [5.74, 6) is -0.769. The Labute approximate surface area is 107 Å². The standard InChI is InChI=1S/C13H21NO4/c15-8-9-3-5-14(6-4-9)12(16)10-1-2-11(7-10)13(17)18/h9-11,15H,1-8H2,(H,17,18). The number of carbonyl (C=O) groups excluding carboxylic acids is 1. The van der Waals surface area contributed by atoms with E-state index in [1.165, 1.54) is 0 Å². The lowest BCUT2D eigenvalue weighted by Crippen LogP contribution is -2.42. The SMILES string of the molecule is O=C(O)C1CCC(C(=O)N2CCC(CO)CC2)C1. The van der Waals surface area contributed by atoms with Crippen molar-refractivity contribution < 1.29 is 19.8 Å². The van der Waals surface area contributed by atoms with E-state index >= 15 is 0 Å². The Balaban J connectivity index is 1.84. The molecule has 2 N–H and O–H groups in total. The summed E-state index contributed by atoms with van der Waals surface area (Å²) in [5, 5.41) is 18.0. The number of carboxylic acid groups (broad SMARTS) is 1. The minimum Gasteiger partial charge on any atom is -0.481 e. The average molecular weight is 255 g/mol. The molecule has 1 aliphatic heterocycles. The van der Waals surface area contributed by atoms with Gasteiger partial charge in [0, 0.05) is 25.6 Å². The fourth-order valence-corrected chi connectivity index (χ4v) is 3.02. The van der Waals surface area contributed by atoms with Crippen LogP contribution >= 0.6 is 0 Å². The third-order valence-electron chi connectivity index (χ3n) is 4.32. The maximum atomic E-state index is 12.2. The van der Waals surface area contributed by atoms with Crippen molar-refractivity contribution >= 4 is 11.9 Å². The molecule has 0 bridgehead atoms. The molecule has 1 heterocycles. The smallest absolute Gasteiger partial charge is 0.306 e. The number of nitrogens with zero attached hydrogens (tertiary/aromatic N) is 1. The summed E-state index contributed by atoms with van der Waals surface area (Å²) in [4.78, 5) is 25.0. The van der Waals surface area contributed by atoms with Gasteiger partial charge in [-0.3, -0.25) is 9.59 Å². The highest BCUT2D eigenvalue weighted by Gasteiger charge is 2.36. The van der Waals surface area contributed by atoms with Crippen LogP contribution in [0.3, 0.4) is 0 Å². The predicted octanol–water partition coefficient (Wildman–Crippen LogP) is 0.718. The Morgan fingerprint density at radius 2 is 1.67 bits per heavy atom. The number of aliphatic hydroxyl groups is 1. The van der Waals surface area contributed by atoms with Crippen LogP contribution < -0.4 is 0 Å². The molecule has 0 radical (unpaired) electrons. The molecule has 5 nitrogen and oxygen atoms in total. The van der Waals surface area contributed by atoms with Crippen LogP contribution in [-0.2, 0) is 9.59 Å². The van der Waals surface area contributed by atoms with E-state index in [4.69, 9.17) is 10.2 Å². The van der Waals surface area contributed by atoms with Crippen LogP contribution in [-0.4, -0.2) is 46.7 Å². The number of hydrogen-bond donors (Lipinski definition) is 2. The Hall–Kier alpha value is -1.10. The Bertz CT molecular complexity index is 323. The van der Waals surface area contributed by atoms with Gasteiger partial charge in [-0.2, -0.15) is 0 Å². The molecular formula is C13H21NO4. The zero-order valence-electron chi connectivity index (χ0n) is 10.5. The first-order chi connectivity index (χ1) is 8.61. The van der Waals surface area contributed by atoms with E-state index in [1.807, 2.05) is 4.90 Å². The van der Waals surface area contributed by atoms with Gasteiger partial charge < -0.3 is 15.1 Å². The van der Waals surface area contributed by atoms with Crippen LogP contribution in [0.1, 0.15) is 32.1 Å². The van der Waals surface area contributed by atoms with Gasteiger partial charge in [0.2, 0.25) is 5.91 Å². The summed E-state index contributed by atoms with van der Waals surface area (Å²) < 4.78 is 0. The summed E-state index contributed by atoms with van der Waals surface area (Å²) in [6.07, 6.45) is 3.54. The van der Waals surface area contributed by atoms with Crippen molar-refractivity contribution in [2.24, 2.45) is 17.8 Å². The molecule has 2 aliphatic rings. The van der Waals surface area contributed by atoms with Crippen LogP contribution in [0.5, 0.6) is 0 Å². The fraction of sp³-hybridized carbons (Fsp3) is 0.846. The minimum absolute atomic E-state index is 0.100. The molecule has 2 unspecified atom stereocenters. The molecule has 2 atom stereocenters. The fourth-order valence-electron chi connectivity index (χ4n) is 3.02. The summed E-state index contributed by atoms with van der Waals surface area (Å²) in [6, 6.07) is 0. The number of aliphatic hydroxyl groups excluding tert-OH is 1. The highest BCUT2D eigenvalue weighted by Crippen LogP contribution is 2.33. The molecule has 0 aromatic carbocycles. The Morgan fingerprint density at radius 1 is 1.06 bits per heavy atom. The first-order valence-corrected chi connectivity index (χ1v) is 6.74. The van der Waals surface area contributed by atoms with Gasteiger partial charge >= 0.3 is 5.97 Å². The van der Waals surface area contributed by atoms with E-state index in [1.54, 1.807) is 0 Å². The zero-order valence-corrected chi connectivity index (χ0v) is 10.5. The van der Waals surface area contributed by atoms with E-state index in [0.29, 0.717) is 38.3 Å². The third-order valence-corrected chi connectivity index (χ3v) is 4.32. The van der Waals surface area contributed by atoms with Crippen molar-refractivity contribution in [3.63, 3.8) is 0 Å². The van der Waals surface area contributed by atoms with Crippen molar-refractivity contribution in [3.05, 3.63) is 0 Å². The average Bonchev–Trinajstić information content (AvgIpc) is 2.88. The molecular weight excluding hydrogens is 234 g/mol. The normalized spacial score (nSPS) is 29.5. The molecule has 0 spiro atoms. The number of aliphatic carboxylic acids is 1. The van der Waals surface area contributed by atoms with E-state index < -0.39 is 5.97 Å². The summed E-state index contributed by atoms with van der Waals surface area (Å²) in [7, 11) is 0. The molecule has 18 heavy (non-hydrogen) atoms. The maximum Gasteiger partial charge on any atom is 0.306 e. The number of carboxylic acids is 1. The summed E-state index contributed by atoms with van der Waals surface area (Å²) in [5.41, 5.74) is 0. The molecule has 1 saturated carbocycles. The van der Waals surface area contributed by atoms with Gasteiger partial charge in [0.05, 0.1) is 5.92 Å². The summed E-state index contributed by atoms with van der Waals surface area (Å²) >= 11 is 0. The first-order valence-electron chi connectivity index (χ1n) is 6.74. The number of rotatable bonds is 3. The topological polar surface area (TPSA) is 77.8 Å². The van der Waals surface area contributed by atoms with Gasteiger partial charge in [-0.15, -0.1) is 0 Å². The van der Waals surface area contributed by atoms with Crippen LogP contribution in [0.4, 0.5) is 0 Å². The number of piperidine rings is 1. The highest BCUT2D eigenvalue weighted by molar-refractivity contribution is 5.81. The lowest BCUT2D eigenvalue weighted by atomic mass is 9.96. The third kappa shape index (κ3) is 2.83. The van der Waals surface area contributed by atoms with Crippen molar-refractivity contribution in [2.45, 2.75) is 32.1 Å². The van der Waals surface area contributed by atoms with Crippen LogP contribution in [0.25, 0.3) is 0 Å². The van der Waals surface area contributed by atoms with Gasteiger partial charge in [0.1, 0.15) is 0 Å². The minimum atomic E-state index is -0.774. The van der Waals surface area contributed by atoms with Gasteiger partial charge in [0.15, 0.2) is 0 Å². The summed E-state index contributed by atoms with van der Waals surface area (Å²) in [6.45, 7) is 1.61. The van der Waals surface area contributed by atoms with Crippen molar-refractivity contribution in [2.75, 3.05) is 19.7 Å². The van der Waals surface area contributed by atoms with Gasteiger partial charge in [-0.05, 0) is 38.0 Å².